The second-order valence-corrected chi connectivity index (χ2v) is 12.6. The normalized spacial score (nSPS) is 26.9. The smallest absolute Gasteiger partial charge is 0.0775 e. The number of nitrogens with one attached hydrogen (secondary N) is 1. The third kappa shape index (κ3) is 3.73. The highest BCUT2D eigenvalue weighted by molar-refractivity contribution is 6.88. The molecule has 0 bridgehead atoms. The van der Waals surface area contributed by atoms with E-state index in [-0.39, 0.29) is 0 Å². The van der Waals surface area contributed by atoms with Crippen LogP contribution < -0.4 is 10.5 Å². The summed E-state index contributed by atoms with van der Waals surface area (Å²) in [5, 5.41) is 5.34. The SMILES string of the molecule is CCC1CCC(NCc2ccc([Si](C)(C)C)cc2)C1C. The minimum absolute atomic E-state index is 0.719. The summed E-state index contributed by atoms with van der Waals surface area (Å²) in [6, 6.07) is 10.0. The maximum atomic E-state index is 3.78. The van der Waals surface area contributed by atoms with E-state index in [0.717, 1.165) is 24.4 Å². The van der Waals surface area contributed by atoms with Crippen molar-refractivity contribution in [1.29, 1.82) is 0 Å². The lowest BCUT2D eigenvalue weighted by Gasteiger charge is -2.21. The minimum Gasteiger partial charge on any atom is -0.310 e. The Bertz CT molecular complexity index is 418. The van der Waals surface area contributed by atoms with Crippen LogP contribution in [0.25, 0.3) is 0 Å². The highest BCUT2D eigenvalue weighted by Gasteiger charge is 2.30. The Morgan fingerprint density at radius 1 is 1.10 bits per heavy atom. The van der Waals surface area contributed by atoms with Crippen molar-refractivity contribution < 1.29 is 0 Å². The highest BCUT2D eigenvalue weighted by Crippen LogP contribution is 2.33. The average molecular weight is 290 g/mol. The molecule has 0 aliphatic heterocycles. The molecule has 1 aliphatic carbocycles. The summed E-state index contributed by atoms with van der Waals surface area (Å²) in [7, 11) is -1.15. The van der Waals surface area contributed by atoms with Gasteiger partial charge in [-0.3, -0.25) is 0 Å². The lowest BCUT2D eigenvalue weighted by atomic mass is 9.93. The molecule has 1 saturated carbocycles. The predicted octanol–water partition coefficient (Wildman–Crippen LogP) is 4.15. The fourth-order valence-electron chi connectivity index (χ4n) is 3.48. The van der Waals surface area contributed by atoms with Gasteiger partial charge in [-0.25, -0.2) is 0 Å². The van der Waals surface area contributed by atoms with Crippen LogP contribution in [0.15, 0.2) is 24.3 Å². The molecule has 112 valence electrons. The van der Waals surface area contributed by atoms with Crippen LogP contribution in [0.1, 0.15) is 38.7 Å². The first-order chi connectivity index (χ1) is 9.41. The van der Waals surface area contributed by atoms with Crippen molar-refractivity contribution in [1.82, 2.24) is 5.32 Å². The summed E-state index contributed by atoms with van der Waals surface area (Å²) in [4.78, 5) is 0. The van der Waals surface area contributed by atoms with Gasteiger partial charge in [-0.2, -0.15) is 0 Å². The van der Waals surface area contributed by atoms with E-state index in [1.807, 2.05) is 0 Å². The quantitative estimate of drug-likeness (QED) is 0.803. The molecule has 1 aromatic rings. The van der Waals surface area contributed by atoms with Crippen LogP contribution >= 0.6 is 0 Å². The van der Waals surface area contributed by atoms with Gasteiger partial charge in [-0.15, -0.1) is 0 Å². The molecule has 20 heavy (non-hydrogen) atoms. The zero-order valence-corrected chi connectivity index (χ0v) is 14.9. The molecule has 1 N–H and O–H groups in total. The van der Waals surface area contributed by atoms with E-state index in [2.05, 4.69) is 63.1 Å². The zero-order chi connectivity index (χ0) is 14.8. The van der Waals surface area contributed by atoms with Crippen molar-refractivity contribution >= 4 is 13.3 Å². The zero-order valence-electron chi connectivity index (χ0n) is 13.9. The number of benzene rings is 1. The summed E-state index contributed by atoms with van der Waals surface area (Å²) in [6.45, 7) is 13.0. The van der Waals surface area contributed by atoms with Crippen LogP contribution in [0.2, 0.25) is 19.6 Å². The van der Waals surface area contributed by atoms with Gasteiger partial charge in [-0.05, 0) is 30.2 Å². The molecule has 0 saturated heterocycles. The number of hydrogen-bond acceptors (Lipinski definition) is 1. The summed E-state index contributed by atoms with van der Waals surface area (Å²) in [6.07, 6.45) is 4.10. The number of rotatable bonds is 5. The summed E-state index contributed by atoms with van der Waals surface area (Å²) in [5.41, 5.74) is 1.43. The van der Waals surface area contributed by atoms with E-state index in [0.29, 0.717) is 0 Å². The van der Waals surface area contributed by atoms with Crippen LogP contribution in [0.3, 0.4) is 0 Å². The van der Waals surface area contributed by atoms with Crippen molar-refractivity contribution in [3.63, 3.8) is 0 Å². The van der Waals surface area contributed by atoms with Gasteiger partial charge < -0.3 is 5.32 Å². The molecular weight excluding hydrogens is 258 g/mol. The largest absolute Gasteiger partial charge is 0.310 e. The first-order valence-corrected chi connectivity index (χ1v) is 11.7. The molecule has 3 unspecified atom stereocenters. The van der Waals surface area contributed by atoms with Gasteiger partial charge in [0.25, 0.3) is 0 Å². The Morgan fingerprint density at radius 3 is 2.25 bits per heavy atom. The second kappa shape index (κ2) is 6.44. The van der Waals surface area contributed by atoms with Crippen LogP contribution in [0.4, 0.5) is 0 Å². The molecule has 0 amide bonds. The molecule has 2 rings (SSSR count). The molecule has 1 fully saturated rings. The Morgan fingerprint density at radius 2 is 1.75 bits per heavy atom. The van der Waals surface area contributed by atoms with E-state index in [4.69, 9.17) is 0 Å². The van der Waals surface area contributed by atoms with Gasteiger partial charge in [0.15, 0.2) is 0 Å². The molecule has 0 radical (unpaired) electrons. The average Bonchev–Trinajstić information content (AvgIpc) is 2.76. The molecule has 2 heteroatoms. The van der Waals surface area contributed by atoms with E-state index in [1.165, 1.54) is 24.8 Å². The van der Waals surface area contributed by atoms with E-state index in [1.54, 1.807) is 5.19 Å². The van der Waals surface area contributed by atoms with Crippen molar-refractivity contribution in [2.75, 3.05) is 0 Å². The maximum Gasteiger partial charge on any atom is 0.0775 e. The first kappa shape index (κ1) is 15.8. The van der Waals surface area contributed by atoms with Gasteiger partial charge >= 0.3 is 0 Å². The summed E-state index contributed by atoms with van der Waals surface area (Å²) in [5.74, 6) is 1.77. The molecular formula is C18H31NSi. The number of hydrogen-bond donors (Lipinski definition) is 1. The fourth-order valence-corrected chi connectivity index (χ4v) is 4.65. The van der Waals surface area contributed by atoms with Crippen molar-refractivity contribution in [3.8, 4) is 0 Å². The third-order valence-electron chi connectivity index (χ3n) is 5.14. The van der Waals surface area contributed by atoms with Crippen LogP contribution in [-0.2, 0) is 6.54 Å². The first-order valence-electron chi connectivity index (χ1n) is 8.24. The molecule has 1 nitrogen and oxygen atoms in total. The van der Waals surface area contributed by atoms with Gasteiger partial charge in [0.05, 0.1) is 8.07 Å². The lowest BCUT2D eigenvalue weighted by Crippen LogP contribution is -2.37. The Labute approximate surface area is 126 Å². The fraction of sp³-hybridized carbons (Fsp3) is 0.667. The summed E-state index contributed by atoms with van der Waals surface area (Å²) >= 11 is 0. The van der Waals surface area contributed by atoms with E-state index < -0.39 is 8.07 Å². The van der Waals surface area contributed by atoms with Gasteiger partial charge in [0.2, 0.25) is 0 Å². The Kier molecular flexibility index (Phi) is 5.08. The Hall–Kier alpha value is -0.603. The molecule has 0 aromatic heterocycles. The van der Waals surface area contributed by atoms with E-state index in [9.17, 15) is 0 Å². The van der Waals surface area contributed by atoms with Crippen LogP contribution in [0, 0.1) is 11.8 Å². The standard InChI is InChI=1S/C18H31NSi/c1-6-16-9-12-18(14(16)2)19-13-15-7-10-17(11-8-15)20(3,4)5/h7-8,10-11,14,16,18-19H,6,9,12-13H2,1-5H3. The van der Waals surface area contributed by atoms with E-state index >= 15 is 0 Å². The molecule has 1 aromatic carbocycles. The second-order valence-electron chi connectivity index (χ2n) is 7.54. The molecule has 0 heterocycles. The highest BCUT2D eigenvalue weighted by atomic mass is 28.3. The minimum atomic E-state index is -1.15. The predicted molar refractivity (Wildman–Crippen MR) is 92.2 cm³/mol. The molecule has 0 spiro atoms. The maximum absolute atomic E-state index is 3.78. The van der Waals surface area contributed by atoms with Gasteiger partial charge in [0.1, 0.15) is 0 Å². The van der Waals surface area contributed by atoms with Crippen LogP contribution in [0.5, 0.6) is 0 Å². The van der Waals surface area contributed by atoms with Crippen molar-refractivity contribution in [3.05, 3.63) is 29.8 Å². The van der Waals surface area contributed by atoms with Crippen molar-refractivity contribution in [2.45, 2.75) is 65.3 Å². The Balaban J connectivity index is 1.89. The van der Waals surface area contributed by atoms with Crippen LogP contribution in [-0.4, -0.2) is 14.1 Å². The third-order valence-corrected chi connectivity index (χ3v) is 7.20. The van der Waals surface area contributed by atoms with Gasteiger partial charge in [-0.1, -0.05) is 69.4 Å². The molecule has 1 aliphatic rings. The van der Waals surface area contributed by atoms with Gasteiger partial charge in [0, 0.05) is 12.6 Å². The molecule has 3 atom stereocenters. The van der Waals surface area contributed by atoms with Crippen molar-refractivity contribution in [2.24, 2.45) is 11.8 Å². The topological polar surface area (TPSA) is 12.0 Å². The summed E-state index contributed by atoms with van der Waals surface area (Å²) < 4.78 is 0. The lowest BCUT2D eigenvalue weighted by molar-refractivity contribution is 0.344. The monoisotopic (exact) mass is 289 g/mol.